The number of thioether (sulfide) groups is 1. The van der Waals surface area contributed by atoms with Crippen molar-refractivity contribution in [1.29, 1.82) is 0 Å². The van der Waals surface area contributed by atoms with Crippen LogP contribution in [0.2, 0.25) is 0 Å². The van der Waals surface area contributed by atoms with Crippen LogP contribution in [0.25, 0.3) is 0 Å². The summed E-state index contributed by atoms with van der Waals surface area (Å²) in [6.07, 6.45) is 2.70. The summed E-state index contributed by atoms with van der Waals surface area (Å²) in [5.74, 6) is -0.656. The van der Waals surface area contributed by atoms with Gasteiger partial charge in [-0.2, -0.15) is 4.98 Å². The maximum atomic E-state index is 12.6. The predicted molar refractivity (Wildman–Crippen MR) is 121 cm³/mol. The predicted octanol–water partition coefficient (Wildman–Crippen LogP) is 2.20. The second-order valence-electron chi connectivity index (χ2n) is 7.54. The van der Waals surface area contributed by atoms with Crippen LogP contribution in [0, 0.1) is 0 Å². The van der Waals surface area contributed by atoms with Crippen molar-refractivity contribution in [3.63, 3.8) is 0 Å². The van der Waals surface area contributed by atoms with Gasteiger partial charge in [0.2, 0.25) is 5.91 Å². The molecule has 166 valence electrons. The zero-order valence-corrected chi connectivity index (χ0v) is 19.0. The minimum absolute atomic E-state index is 0.0950. The van der Waals surface area contributed by atoms with E-state index in [0.29, 0.717) is 22.8 Å². The lowest BCUT2D eigenvalue weighted by Gasteiger charge is -2.16. The number of aromatic nitrogens is 2. The molecule has 0 unspecified atom stereocenters. The number of nitrogens with zero attached hydrogens (tertiary/aromatic N) is 3. The first-order valence-electron chi connectivity index (χ1n) is 10.4. The number of amides is 1. The van der Waals surface area contributed by atoms with Crippen molar-refractivity contribution < 1.29 is 14.3 Å². The first-order chi connectivity index (χ1) is 14.9. The number of para-hydroxylation sites is 1. The van der Waals surface area contributed by atoms with Crippen LogP contribution in [0.3, 0.4) is 0 Å². The lowest BCUT2D eigenvalue weighted by Crippen LogP contribution is -2.31. The van der Waals surface area contributed by atoms with Crippen molar-refractivity contribution in [2.45, 2.75) is 37.8 Å². The average Bonchev–Trinajstić information content (AvgIpc) is 3.21. The Labute approximate surface area is 186 Å². The molecule has 0 fully saturated rings. The number of likely N-dealkylation sites (N-methyl/N-ethyl adjacent to an activating group) is 1. The standard InChI is InChI=1S/C22H28N4O4S/c1-4-30-21(28)15-8-5-6-10-17(15)23-19(27)14-31-20-16-9-7-11-18(16)26(22(29)24-20)13-12-25(2)3/h5-6,8,10H,4,7,9,11-14H2,1-3H3,(H,23,27). The first-order valence-corrected chi connectivity index (χ1v) is 11.3. The van der Waals surface area contributed by atoms with Crippen LogP contribution in [0.5, 0.6) is 0 Å². The fourth-order valence-corrected chi connectivity index (χ4v) is 4.41. The molecule has 1 amide bonds. The molecule has 0 bridgehead atoms. The smallest absolute Gasteiger partial charge is 0.348 e. The second kappa shape index (κ2) is 10.6. The highest BCUT2D eigenvalue weighted by Crippen LogP contribution is 2.29. The molecule has 8 nitrogen and oxygen atoms in total. The number of carbonyl (C=O) groups excluding carboxylic acids is 2. The third-order valence-corrected chi connectivity index (χ3v) is 6.03. The summed E-state index contributed by atoms with van der Waals surface area (Å²) in [6, 6.07) is 6.74. The van der Waals surface area contributed by atoms with Gasteiger partial charge in [0.15, 0.2) is 0 Å². The van der Waals surface area contributed by atoms with Gasteiger partial charge in [0.1, 0.15) is 5.03 Å². The molecule has 0 aliphatic heterocycles. The summed E-state index contributed by atoms with van der Waals surface area (Å²) in [4.78, 5) is 43.5. The van der Waals surface area contributed by atoms with E-state index in [4.69, 9.17) is 4.74 Å². The third kappa shape index (κ3) is 5.74. The van der Waals surface area contributed by atoms with E-state index in [1.54, 1.807) is 35.8 Å². The van der Waals surface area contributed by atoms with Gasteiger partial charge in [-0.15, -0.1) is 0 Å². The van der Waals surface area contributed by atoms with E-state index in [2.05, 4.69) is 10.3 Å². The van der Waals surface area contributed by atoms with E-state index in [1.807, 2.05) is 19.0 Å². The van der Waals surface area contributed by atoms with E-state index in [0.717, 1.165) is 37.1 Å². The summed E-state index contributed by atoms with van der Waals surface area (Å²) in [6.45, 7) is 3.36. The Hall–Kier alpha value is -2.65. The van der Waals surface area contributed by atoms with Crippen LogP contribution in [-0.2, 0) is 28.9 Å². The van der Waals surface area contributed by atoms with Gasteiger partial charge in [0, 0.05) is 24.3 Å². The van der Waals surface area contributed by atoms with Crippen LogP contribution in [0.15, 0.2) is 34.1 Å². The van der Waals surface area contributed by atoms with Gasteiger partial charge >= 0.3 is 11.7 Å². The lowest BCUT2D eigenvalue weighted by molar-refractivity contribution is -0.113. The fourth-order valence-electron chi connectivity index (χ4n) is 3.54. The molecule has 1 aliphatic rings. The highest BCUT2D eigenvalue weighted by atomic mass is 32.2. The van der Waals surface area contributed by atoms with Crippen molar-refractivity contribution >= 4 is 29.3 Å². The van der Waals surface area contributed by atoms with Crippen LogP contribution < -0.4 is 11.0 Å². The van der Waals surface area contributed by atoms with Gasteiger partial charge in [0.05, 0.1) is 23.6 Å². The molecule has 3 rings (SSSR count). The molecule has 0 saturated heterocycles. The number of carbonyl (C=O) groups is 2. The van der Waals surface area contributed by atoms with Gasteiger partial charge in [-0.3, -0.25) is 9.36 Å². The Bertz CT molecular complexity index is 1020. The molecule has 0 atom stereocenters. The Morgan fingerprint density at radius 2 is 2.03 bits per heavy atom. The van der Waals surface area contributed by atoms with Crippen LogP contribution >= 0.6 is 11.8 Å². The summed E-state index contributed by atoms with van der Waals surface area (Å²) in [7, 11) is 3.95. The van der Waals surface area contributed by atoms with Crippen molar-refractivity contribution in [2.75, 3.05) is 38.3 Å². The summed E-state index contributed by atoms with van der Waals surface area (Å²) < 4.78 is 6.81. The number of hydrogen-bond donors (Lipinski definition) is 1. The van der Waals surface area contributed by atoms with E-state index < -0.39 is 5.97 Å². The molecule has 0 saturated carbocycles. The zero-order valence-electron chi connectivity index (χ0n) is 18.1. The minimum Gasteiger partial charge on any atom is -0.462 e. The first kappa shape index (κ1) is 23.0. The van der Waals surface area contributed by atoms with Gasteiger partial charge in [-0.05, 0) is 52.4 Å². The highest BCUT2D eigenvalue weighted by Gasteiger charge is 2.23. The molecular formula is C22H28N4O4S. The average molecular weight is 445 g/mol. The summed E-state index contributed by atoms with van der Waals surface area (Å²) in [5, 5.41) is 3.40. The van der Waals surface area contributed by atoms with E-state index in [1.165, 1.54) is 11.8 Å². The van der Waals surface area contributed by atoms with E-state index >= 15 is 0 Å². The largest absolute Gasteiger partial charge is 0.462 e. The molecule has 1 N–H and O–H groups in total. The zero-order chi connectivity index (χ0) is 22.4. The number of anilines is 1. The van der Waals surface area contributed by atoms with Crippen LogP contribution in [0.4, 0.5) is 5.69 Å². The van der Waals surface area contributed by atoms with Crippen LogP contribution in [-0.4, -0.2) is 59.3 Å². The van der Waals surface area contributed by atoms with Gasteiger partial charge < -0.3 is 15.0 Å². The molecular weight excluding hydrogens is 416 g/mol. The number of nitrogens with one attached hydrogen (secondary N) is 1. The molecule has 2 aromatic rings. The minimum atomic E-state index is -0.480. The van der Waals surface area contributed by atoms with Crippen molar-refractivity contribution in [3.8, 4) is 0 Å². The van der Waals surface area contributed by atoms with Gasteiger partial charge in [-0.25, -0.2) is 9.59 Å². The number of fused-ring (bicyclic) bond motifs is 1. The third-order valence-electron chi connectivity index (χ3n) is 5.01. The van der Waals surface area contributed by atoms with Gasteiger partial charge in [-0.1, -0.05) is 23.9 Å². The molecule has 9 heteroatoms. The van der Waals surface area contributed by atoms with Crippen molar-refractivity contribution in [3.05, 3.63) is 51.6 Å². The van der Waals surface area contributed by atoms with Crippen LogP contribution in [0.1, 0.15) is 35.0 Å². The molecule has 1 aliphatic carbocycles. The maximum absolute atomic E-state index is 12.6. The Morgan fingerprint density at radius 3 is 2.77 bits per heavy atom. The normalized spacial score (nSPS) is 12.6. The topological polar surface area (TPSA) is 93.5 Å². The Morgan fingerprint density at radius 1 is 1.26 bits per heavy atom. The Kier molecular flexibility index (Phi) is 7.86. The summed E-state index contributed by atoms with van der Waals surface area (Å²) >= 11 is 1.26. The number of rotatable bonds is 9. The second-order valence-corrected chi connectivity index (χ2v) is 8.50. The Balaban J connectivity index is 1.71. The number of ether oxygens (including phenoxy) is 1. The lowest BCUT2D eigenvalue weighted by atomic mass is 10.2. The fraction of sp³-hybridized carbons (Fsp3) is 0.455. The highest BCUT2D eigenvalue weighted by molar-refractivity contribution is 8.00. The molecule has 0 spiro atoms. The molecule has 1 heterocycles. The molecule has 1 aromatic heterocycles. The molecule has 0 radical (unpaired) electrons. The number of hydrogen-bond acceptors (Lipinski definition) is 7. The quantitative estimate of drug-likeness (QED) is 0.360. The van der Waals surface area contributed by atoms with E-state index in [9.17, 15) is 14.4 Å². The van der Waals surface area contributed by atoms with E-state index in [-0.39, 0.29) is 24.0 Å². The van der Waals surface area contributed by atoms with Gasteiger partial charge in [0.25, 0.3) is 0 Å². The summed E-state index contributed by atoms with van der Waals surface area (Å²) in [5.41, 5.74) is 2.56. The maximum Gasteiger partial charge on any atom is 0.348 e. The molecule has 31 heavy (non-hydrogen) atoms. The number of benzene rings is 1. The SMILES string of the molecule is CCOC(=O)c1ccccc1NC(=O)CSc1nc(=O)n(CCN(C)C)c2c1CCC2. The molecule has 1 aromatic carbocycles. The van der Waals surface area contributed by atoms with Crippen molar-refractivity contribution in [1.82, 2.24) is 14.5 Å². The monoisotopic (exact) mass is 444 g/mol. The van der Waals surface area contributed by atoms with Crippen molar-refractivity contribution in [2.24, 2.45) is 0 Å². The number of esters is 1.